The van der Waals surface area contributed by atoms with Crippen molar-refractivity contribution in [2.24, 2.45) is 11.3 Å². The molecule has 1 aliphatic heterocycles. The Bertz CT molecular complexity index is 146. The molecule has 0 spiro atoms. The molecule has 1 atom stereocenters. The number of carbonyl (C=O) groups is 1. The highest BCUT2D eigenvalue weighted by atomic mass is 32.2. The summed E-state index contributed by atoms with van der Waals surface area (Å²) in [4.78, 5) is 11.2. The molecule has 2 heteroatoms. The van der Waals surface area contributed by atoms with Crippen LogP contribution in [0, 0.1) is 11.3 Å². The maximum absolute atomic E-state index is 11.2. The molecule has 0 radical (unpaired) electrons. The van der Waals surface area contributed by atoms with Gasteiger partial charge in [-0.2, -0.15) is 0 Å². The van der Waals surface area contributed by atoms with E-state index in [2.05, 4.69) is 20.8 Å². The van der Waals surface area contributed by atoms with E-state index in [1.807, 2.05) is 0 Å². The highest BCUT2D eigenvalue weighted by molar-refractivity contribution is 8.14. The van der Waals surface area contributed by atoms with E-state index in [-0.39, 0.29) is 5.41 Å². The minimum Gasteiger partial charge on any atom is -0.287 e. The fourth-order valence-electron chi connectivity index (χ4n) is 1.28. The van der Waals surface area contributed by atoms with Crippen LogP contribution < -0.4 is 0 Å². The Hall–Kier alpha value is 0.0200. The van der Waals surface area contributed by atoms with E-state index in [0.717, 1.165) is 12.2 Å². The van der Waals surface area contributed by atoms with Crippen LogP contribution in [0.15, 0.2) is 0 Å². The van der Waals surface area contributed by atoms with E-state index in [1.54, 1.807) is 0 Å². The Morgan fingerprint density at radius 1 is 1.50 bits per heavy atom. The summed E-state index contributed by atoms with van der Waals surface area (Å²) in [5.41, 5.74) is 0.181. The highest BCUT2D eigenvalue weighted by Crippen LogP contribution is 2.38. The average Bonchev–Trinajstić information content (AvgIpc) is 2.11. The first-order chi connectivity index (χ1) is 4.52. The molecule has 10 heavy (non-hydrogen) atoms. The molecule has 1 aliphatic rings. The van der Waals surface area contributed by atoms with Gasteiger partial charge in [-0.15, -0.1) is 0 Å². The molecule has 58 valence electrons. The quantitative estimate of drug-likeness (QED) is 0.538. The molecule has 0 bridgehead atoms. The Morgan fingerprint density at radius 2 is 2.10 bits per heavy atom. The van der Waals surface area contributed by atoms with Gasteiger partial charge in [-0.05, 0) is 11.8 Å². The Kier molecular flexibility index (Phi) is 2.09. The van der Waals surface area contributed by atoms with Crippen molar-refractivity contribution < 1.29 is 4.79 Å². The first-order valence-electron chi connectivity index (χ1n) is 3.68. The van der Waals surface area contributed by atoms with Crippen molar-refractivity contribution in [3.63, 3.8) is 0 Å². The second kappa shape index (κ2) is 2.57. The van der Waals surface area contributed by atoms with Crippen molar-refractivity contribution in [2.45, 2.75) is 27.2 Å². The lowest BCUT2D eigenvalue weighted by Gasteiger charge is -2.24. The summed E-state index contributed by atoms with van der Waals surface area (Å²) < 4.78 is 0. The number of carbonyl (C=O) groups excluding carboxylic acids is 1. The van der Waals surface area contributed by atoms with Gasteiger partial charge in [0, 0.05) is 11.7 Å². The van der Waals surface area contributed by atoms with E-state index in [9.17, 15) is 4.79 Å². The monoisotopic (exact) mass is 158 g/mol. The molecule has 0 N–H and O–H groups in total. The van der Waals surface area contributed by atoms with Crippen molar-refractivity contribution in [1.82, 2.24) is 0 Å². The number of thioether (sulfide) groups is 1. The summed E-state index contributed by atoms with van der Waals surface area (Å²) in [6, 6.07) is 0. The van der Waals surface area contributed by atoms with Gasteiger partial charge in [0.25, 0.3) is 0 Å². The Morgan fingerprint density at radius 3 is 2.30 bits per heavy atom. The zero-order valence-electron chi connectivity index (χ0n) is 6.81. The van der Waals surface area contributed by atoms with Crippen molar-refractivity contribution >= 4 is 16.9 Å². The fraction of sp³-hybridized carbons (Fsp3) is 0.875. The molecule has 0 aromatic heterocycles. The van der Waals surface area contributed by atoms with Gasteiger partial charge in [-0.25, -0.2) is 0 Å². The summed E-state index contributed by atoms with van der Waals surface area (Å²) >= 11 is 1.49. The summed E-state index contributed by atoms with van der Waals surface area (Å²) in [5.74, 6) is 1.33. The van der Waals surface area contributed by atoms with Gasteiger partial charge in [0.15, 0.2) is 5.12 Å². The van der Waals surface area contributed by atoms with Crippen LogP contribution in [0.1, 0.15) is 27.2 Å². The molecule has 1 saturated heterocycles. The first kappa shape index (κ1) is 8.12. The van der Waals surface area contributed by atoms with Crippen LogP contribution in [0.25, 0.3) is 0 Å². The lowest BCUT2D eigenvalue weighted by atomic mass is 9.80. The standard InChI is InChI=1S/C8H14OS/c1-8(2,3)6-4-5-10-7(6)9/h6H,4-5H2,1-3H3. The van der Waals surface area contributed by atoms with E-state index >= 15 is 0 Å². The molecule has 1 heterocycles. The number of hydrogen-bond donors (Lipinski definition) is 0. The summed E-state index contributed by atoms with van der Waals surface area (Å²) in [6.45, 7) is 6.42. The molecular formula is C8H14OS. The maximum Gasteiger partial charge on any atom is 0.192 e. The number of rotatable bonds is 0. The normalized spacial score (nSPS) is 27.5. The van der Waals surface area contributed by atoms with E-state index in [1.165, 1.54) is 11.8 Å². The molecule has 0 saturated carbocycles. The Labute approximate surface area is 66.6 Å². The second-order valence-corrected chi connectivity index (χ2v) is 4.97. The van der Waals surface area contributed by atoms with Crippen LogP contribution in [0.2, 0.25) is 0 Å². The summed E-state index contributed by atoms with van der Waals surface area (Å²) in [5, 5.41) is 0.396. The molecule has 0 aromatic rings. The average molecular weight is 158 g/mol. The van der Waals surface area contributed by atoms with Gasteiger partial charge in [0.05, 0.1) is 0 Å². The molecule has 0 aromatic carbocycles. The third-order valence-corrected chi connectivity index (χ3v) is 2.99. The highest BCUT2D eigenvalue weighted by Gasteiger charge is 2.34. The third-order valence-electron chi connectivity index (χ3n) is 1.98. The third kappa shape index (κ3) is 1.54. The van der Waals surface area contributed by atoms with Crippen molar-refractivity contribution in [1.29, 1.82) is 0 Å². The van der Waals surface area contributed by atoms with Crippen LogP contribution in [-0.2, 0) is 4.79 Å². The van der Waals surface area contributed by atoms with Gasteiger partial charge in [0.2, 0.25) is 0 Å². The van der Waals surface area contributed by atoms with E-state index < -0.39 is 0 Å². The van der Waals surface area contributed by atoms with Gasteiger partial charge < -0.3 is 0 Å². The van der Waals surface area contributed by atoms with E-state index in [4.69, 9.17) is 0 Å². The topological polar surface area (TPSA) is 17.1 Å². The van der Waals surface area contributed by atoms with Crippen LogP contribution in [0.4, 0.5) is 0 Å². The molecule has 1 unspecified atom stereocenters. The van der Waals surface area contributed by atoms with Gasteiger partial charge >= 0.3 is 0 Å². The predicted molar refractivity (Wildman–Crippen MR) is 45.0 cm³/mol. The van der Waals surface area contributed by atoms with Gasteiger partial charge in [-0.1, -0.05) is 32.5 Å². The zero-order valence-corrected chi connectivity index (χ0v) is 7.62. The predicted octanol–water partition coefficient (Wildman–Crippen LogP) is 2.31. The van der Waals surface area contributed by atoms with Crippen LogP contribution in [-0.4, -0.2) is 10.9 Å². The SMILES string of the molecule is CC(C)(C)C1CCSC1=O. The maximum atomic E-state index is 11.2. The Balaban J connectivity index is 2.64. The molecule has 1 rings (SSSR count). The van der Waals surface area contributed by atoms with Crippen molar-refractivity contribution in [3.05, 3.63) is 0 Å². The van der Waals surface area contributed by atoms with Crippen LogP contribution >= 0.6 is 11.8 Å². The lowest BCUT2D eigenvalue weighted by Crippen LogP contribution is -2.22. The molecule has 1 fully saturated rings. The molecule has 0 aliphatic carbocycles. The smallest absolute Gasteiger partial charge is 0.192 e. The molecule has 1 nitrogen and oxygen atoms in total. The second-order valence-electron chi connectivity index (χ2n) is 3.87. The minimum atomic E-state index is 0.181. The first-order valence-corrected chi connectivity index (χ1v) is 4.67. The molecular weight excluding hydrogens is 144 g/mol. The lowest BCUT2D eigenvalue weighted by molar-refractivity contribution is -0.116. The van der Waals surface area contributed by atoms with Gasteiger partial charge in [-0.3, -0.25) is 4.79 Å². The van der Waals surface area contributed by atoms with Crippen LogP contribution in [0.5, 0.6) is 0 Å². The van der Waals surface area contributed by atoms with Crippen molar-refractivity contribution in [2.75, 3.05) is 5.75 Å². The summed E-state index contributed by atoms with van der Waals surface area (Å²) in [6.07, 6.45) is 1.08. The minimum absolute atomic E-state index is 0.181. The van der Waals surface area contributed by atoms with E-state index in [0.29, 0.717) is 11.0 Å². The summed E-state index contributed by atoms with van der Waals surface area (Å²) in [7, 11) is 0. The molecule has 0 amide bonds. The number of hydrogen-bond acceptors (Lipinski definition) is 2. The van der Waals surface area contributed by atoms with Gasteiger partial charge in [0.1, 0.15) is 0 Å². The van der Waals surface area contributed by atoms with Crippen molar-refractivity contribution in [3.8, 4) is 0 Å². The zero-order chi connectivity index (χ0) is 7.78. The largest absolute Gasteiger partial charge is 0.287 e. The fourth-order valence-corrected chi connectivity index (χ4v) is 2.51. The van der Waals surface area contributed by atoms with Crippen LogP contribution in [0.3, 0.4) is 0 Å².